The number of nitrogens with zero attached hydrogens (tertiary/aromatic N) is 2. The van der Waals surface area contributed by atoms with Gasteiger partial charge in [-0.3, -0.25) is 9.10 Å². The molecule has 0 radical (unpaired) electrons. The summed E-state index contributed by atoms with van der Waals surface area (Å²) in [5.74, 6) is -0.131. The van der Waals surface area contributed by atoms with Gasteiger partial charge in [0.25, 0.3) is 15.9 Å². The van der Waals surface area contributed by atoms with Crippen molar-refractivity contribution in [3.8, 4) is 0 Å². The fraction of sp³-hybridized carbons (Fsp3) is 0.316. The van der Waals surface area contributed by atoms with Gasteiger partial charge in [0.2, 0.25) is 0 Å². The van der Waals surface area contributed by atoms with Crippen molar-refractivity contribution < 1.29 is 13.2 Å². The molecular formula is C19H24ClN3O3S. The second-order valence-electron chi connectivity index (χ2n) is 6.23. The number of carbonyl (C=O) groups is 1. The molecule has 6 nitrogen and oxygen atoms in total. The summed E-state index contributed by atoms with van der Waals surface area (Å²) in [4.78, 5) is 14.6. The van der Waals surface area contributed by atoms with Gasteiger partial charge in [0.15, 0.2) is 0 Å². The van der Waals surface area contributed by atoms with Crippen molar-refractivity contribution in [1.29, 1.82) is 0 Å². The third-order valence-electron chi connectivity index (χ3n) is 4.49. The molecule has 0 aromatic heterocycles. The number of para-hydroxylation sites is 1. The highest BCUT2D eigenvalue weighted by Gasteiger charge is 2.24. The monoisotopic (exact) mass is 409 g/mol. The van der Waals surface area contributed by atoms with Crippen LogP contribution >= 0.6 is 12.4 Å². The van der Waals surface area contributed by atoms with E-state index in [4.69, 9.17) is 0 Å². The molecule has 1 saturated heterocycles. The summed E-state index contributed by atoms with van der Waals surface area (Å²) in [7, 11) is -2.22. The van der Waals surface area contributed by atoms with Crippen LogP contribution in [0.1, 0.15) is 16.8 Å². The molecule has 0 bridgehead atoms. The van der Waals surface area contributed by atoms with Crippen molar-refractivity contribution >= 4 is 34.0 Å². The van der Waals surface area contributed by atoms with E-state index in [9.17, 15) is 13.2 Å². The van der Waals surface area contributed by atoms with Crippen LogP contribution in [0.4, 0.5) is 5.69 Å². The number of sulfonamides is 1. The molecule has 1 heterocycles. The van der Waals surface area contributed by atoms with E-state index in [1.54, 1.807) is 41.3 Å². The van der Waals surface area contributed by atoms with Crippen LogP contribution in [0.25, 0.3) is 0 Å². The zero-order chi connectivity index (χ0) is 18.6. The Hall–Kier alpha value is -2.09. The number of carbonyl (C=O) groups excluding carboxylic acids is 1. The van der Waals surface area contributed by atoms with Gasteiger partial charge in [-0.1, -0.05) is 24.3 Å². The van der Waals surface area contributed by atoms with Crippen molar-refractivity contribution in [2.24, 2.45) is 0 Å². The SMILES string of the molecule is CN(c1ccccc1)S(=O)(=O)c1cccc(C(=O)N2CCCNCC2)c1.Cl. The summed E-state index contributed by atoms with van der Waals surface area (Å²) in [6, 6.07) is 15.2. The zero-order valence-electron chi connectivity index (χ0n) is 15.2. The largest absolute Gasteiger partial charge is 0.337 e. The summed E-state index contributed by atoms with van der Waals surface area (Å²) in [5.41, 5.74) is 0.970. The number of hydrogen-bond acceptors (Lipinski definition) is 4. The number of benzene rings is 2. The lowest BCUT2D eigenvalue weighted by Gasteiger charge is -2.22. The number of hydrogen-bond donors (Lipinski definition) is 1. The van der Waals surface area contributed by atoms with Crippen molar-refractivity contribution in [3.63, 3.8) is 0 Å². The highest BCUT2D eigenvalue weighted by atomic mass is 35.5. The van der Waals surface area contributed by atoms with Crippen molar-refractivity contribution in [3.05, 3.63) is 60.2 Å². The van der Waals surface area contributed by atoms with Crippen LogP contribution in [0.15, 0.2) is 59.5 Å². The molecule has 1 N–H and O–H groups in total. The third kappa shape index (κ3) is 4.80. The van der Waals surface area contributed by atoms with Crippen LogP contribution in [0.2, 0.25) is 0 Å². The van der Waals surface area contributed by atoms with Gasteiger partial charge in [-0.15, -0.1) is 12.4 Å². The third-order valence-corrected chi connectivity index (χ3v) is 6.27. The van der Waals surface area contributed by atoms with Crippen LogP contribution < -0.4 is 9.62 Å². The van der Waals surface area contributed by atoms with E-state index in [0.29, 0.717) is 24.3 Å². The number of amides is 1. The molecule has 2 aromatic rings. The van der Waals surface area contributed by atoms with Crippen LogP contribution in [-0.2, 0) is 10.0 Å². The first-order valence-electron chi connectivity index (χ1n) is 8.64. The van der Waals surface area contributed by atoms with Crippen LogP contribution in [0, 0.1) is 0 Å². The first kappa shape index (κ1) is 21.2. The molecule has 0 saturated carbocycles. The minimum Gasteiger partial charge on any atom is -0.337 e. The molecule has 1 aliphatic rings. The van der Waals surface area contributed by atoms with E-state index in [0.717, 1.165) is 19.5 Å². The molecule has 0 aliphatic carbocycles. The lowest BCUT2D eigenvalue weighted by molar-refractivity contribution is 0.0766. The average molecular weight is 410 g/mol. The predicted molar refractivity (Wildman–Crippen MR) is 109 cm³/mol. The Morgan fingerprint density at radius 1 is 1.04 bits per heavy atom. The van der Waals surface area contributed by atoms with Gasteiger partial charge < -0.3 is 10.2 Å². The molecule has 1 fully saturated rings. The molecular weight excluding hydrogens is 386 g/mol. The van der Waals surface area contributed by atoms with E-state index >= 15 is 0 Å². The summed E-state index contributed by atoms with van der Waals surface area (Å²) >= 11 is 0. The normalized spacial score (nSPS) is 14.8. The van der Waals surface area contributed by atoms with Gasteiger partial charge in [-0.25, -0.2) is 8.42 Å². The highest BCUT2D eigenvalue weighted by Crippen LogP contribution is 2.22. The quantitative estimate of drug-likeness (QED) is 0.841. The minimum absolute atomic E-state index is 0. The van der Waals surface area contributed by atoms with Gasteiger partial charge >= 0.3 is 0 Å². The Labute approximate surface area is 166 Å². The Kier molecular flexibility index (Phi) is 7.24. The van der Waals surface area contributed by atoms with E-state index in [1.165, 1.54) is 23.5 Å². The van der Waals surface area contributed by atoms with E-state index in [1.807, 2.05) is 6.07 Å². The topological polar surface area (TPSA) is 69.7 Å². The van der Waals surface area contributed by atoms with Crippen LogP contribution in [0.5, 0.6) is 0 Å². The summed E-state index contributed by atoms with van der Waals surface area (Å²) in [5, 5.41) is 3.26. The smallest absolute Gasteiger partial charge is 0.264 e. The van der Waals surface area contributed by atoms with Gasteiger partial charge in [0.05, 0.1) is 10.6 Å². The second-order valence-corrected chi connectivity index (χ2v) is 8.20. The second kappa shape index (κ2) is 9.21. The maximum Gasteiger partial charge on any atom is 0.264 e. The van der Waals surface area contributed by atoms with E-state index < -0.39 is 10.0 Å². The number of rotatable bonds is 4. The van der Waals surface area contributed by atoms with Crippen LogP contribution in [0.3, 0.4) is 0 Å². The van der Waals surface area contributed by atoms with E-state index in [-0.39, 0.29) is 23.2 Å². The summed E-state index contributed by atoms with van der Waals surface area (Å²) in [6.45, 7) is 2.94. The molecule has 146 valence electrons. The fourth-order valence-electron chi connectivity index (χ4n) is 2.96. The van der Waals surface area contributed by atoms with Crippen molar-refractivity contribution in [1.82, 2.24) is 10.2 Å². The summed E-state index contributed by atoms with van der Waals surface area (Å²) < 4.78 is 27.1. The molecule has 0 atom stereocenters. The van der Waals surface area contributed by atoms with Gasteiger partial charge in [-0.05, 0) is 43.3 Å². The van der Waals surface area contributed by atoms with Crippen LogP contribution in [-0.4, -0.2) is 52.5 Å². The first-order valence-corrected chi connectivity index (χ1v) is 10.1. The zero-order valence-corrected chi connectivity index (χ0v) is 16.8. The lowest BCUT2D eigenvalue weighted by Crippen LogP contribution is -2.34. The first-order chi connectivity index (χ1) is 12.5. The van der Waals surface area contributed by atoms with Crippen molar-refractivity contribution in [2.75, 3.05) is 37.5 Å². The number of anilines is 1. The van der Waals surface area contributed by atoms with Gasteiger partial charge in [0.1, 0.15) is 0 Å². The Morgan fingerprint density at radius 3 is 2.52 bits per heavy atom. The van der Waals surface area contributed by atoms with Gasteiger partial charge in [0, 0.05) is 32.2 Å². The van der Waals surface area contributed by atoms with E-state index in [2.05, 4.69) is 5.32 Å². The Balaban J connectivity index is 0.00000261. The average Bonchev–Trinajstić information content (AvgIpc) is 2.97. The number of nitrogens with one attached hydrogen (secondary N) is 1. The standard InChI is InChI=1S/C19H23N3O3S.ClH/c1-21(17-8-3-2-4-9-17)26(24,25)18-10-5-7-16(15-18)19(23)22-13-6-11-20-12-14-22;/h2-5,7-10,15,20H,6,11-14H2,1H3;1H. The molecule has 2 aromatic carbocycles. The number of halogens is 1. The Morgan fingerprint density at radius 2 is 1.78 bits per heavy atom. The maximum atomic E-state index is 12.9. The lowest BCUT2D eigenvalue weighted by atomic mass is 10.2. The molecule has 1 amide bonds. The highest BCUT2D eigenvalue weighted by molar-refractivity contribution is 7.92. The molecule has 8 heteroatoms. The Bertz CT molecular complexity index is 867. The molecule has 0 spiro atoms. The maximum absolute atomic E-state index is 12.9. The molecule has 1 aliphatic heterocycles. The predicted octanol–water partition coefficient (Wildman–Crippen LogP) is 2.37. The van der Waals surface area contributed by atoms with Crippen molar-refractivity contribution in [2.45, 2.75) is 11.3 Å². The minimum atomic E-state index is -3.74. The molecule has 0 unspecified atom stereocenters. The summed E-state index contributed by atoms with van der Waals surface area (Å²) in [6.07, 6.45) is 0.889. The van der Waals surface area contributed by atoms with Gasteiger partial charge in [-0.2, -0.15) is 0 Å². The molecule has 27 heavy (non-hydrogen) atoms. The fourth-order valence-corrected chi connectivity index (χ4v) is 4.20. The molecule has 3 rings (SSSR count).